The van der Waals surface area contributed by atoms with Crippen LogP contribution in [-0.2, 0) is 11.2 Å². The molecule has 4 unspecified atom stereocenters. The third kappa shape index (κ3) is 2.41. The molecule has 2 saturated carbocycles. The Hall–Kier alpha value is -1.55. The Kier molecular flexibility index (Phi) is 3.87. The van der Waals surface area contributed by atoms with Crippen LogP contribution in [0.4, 0.5) is 0 Å². The number of benzene rings is 1. The number of carbonyl (C=O) groups is 1. The van der Waals surface area contributed by atoms with Gasteiger partial charge in [-0.15, -0.1) is 0 Å². The van der Waals surface area contributed by atoms with Crippen molar-refractivity contribution >= 4 is 5.97 Å². The zero-order valence-corrected chi connectivity index (χ0v) is 15.0. The van der Waals surface area contributed by atoms with Gasteiger partial charge in [0.2, 0.25) is 0 Å². The highest BCUT2D eigenvalue weighted by atomic mass is 16.4. The Morgan fingerprint density at radius 3 is 2.80 bits per heavy atom. The van der Waals surface area contributed by atoms with Crippen molar-refractivity contribution in [3.63, 3.8) is 0 Å². The van der Waals surface area contributed by atoms with Gasteiger partial charge in [0.25, 0.3) is 0 Å². The molecule has 1 aromatic rings. The Morgan fingerprint density at radius 1 is 1.32 bits per heavy atom. The first-order chi connectivity index (χ1) is 11.8. The molecule has 7 atom stereocenters. The SMILES string of the molecule is CC(C(=O)O)[C@@H]1C[C@H](O)[C@@]2(C)CCC3c4ccc(O)cc4CCC3C12. The van der Waals surface area contributed by atoms with Crippen LogP contribution in [0.15, 0.2) is 18.2 Å². The number of aromatic hydroxyl groups is 1. The maximum Gasteiger partial charge on any atom is 0.306 e. The van der Waals surface area contributed by atoms with Crippen LogP contribution in [0, 0.1) is 29.1 Å². The molecule has 3 aliphatic carbocycles. The van der Waals surface area contributed by atoms with Crippen molar-refractivity contribution < 1.29 is 20.1 Å². The lowest BCUT2D eigenvalue weighted by molar-refractivity contribution is -0.144. The fraction of sp³-hybridized carbons (Fsp3) is 0.667. The lowest BCUT2D eigenvalue weighted by Gasteiger charge is -2.51. The predicted octanol–water partition coefficient (Wildman–Crippen LogP) is 3.56. The van der Waals surface area contributed by atoms with Crippen LogP contribution in [0.1, 0.15) is 56.6 Å². The molecule has 1 aromatic carbocycles. The molecule has 25 heavy (non-hydrogen) atoms. The van der Waals surface area contributed by atoms with E-state index in [-0.39, 0.29) is 17.3 Å². The summed E-state index contributed by atoms with van der Waals surface area (Å²) >= 11 is 0. The molecule has 0 spiro atoms. The summed E-state index contributed by atoms with van der Waals surface area (Å²) in [6.07, 6.45) is 4.16. The number of aliphatic carboxylic acids is 1. The number of rotatable bonds is 2. The van der Waals surface area contributed by atoms with Gasteiger partial charge in [-0.3, -0.25) is 4.79 Å². The number of carboxylic acids is 1. The van der Waals surface area contributed by atoms with Gasteiger partial charge in [0.05, 0.1) is 12.0 Å². The second-order valence-electron chi connectivity index (χ2n) is 8.80. The number of phenolic OH excluding ortho intramolecular Hbond substituents is 1. The molecule has 0 heterocycles. The van der Waals surface area contributed by atoms with Gasteiger partial charge in [0.1, 0.15) is 5.75 Å². The summed E-state index contributed by atoms with van der Waals surface area (Å²) in [5.41, 5.74) is 2.41. The van der Waals surface area contributed by atoms with E-state index in [2.05, 4.69) is 13.0 Å². The first-order valence-electron chi connectivity index (χ1n) is 9.55. The first kappa shape index (κ1) is 16.9. The number of aliphatic hydroxyl groups excluding tert-OH is 1. The van der Waals surface area contributed by atoms with Crippen molar-refractivity contribution in [2.24, 2.45) is 29.1 Å². The Morgan fingerprint density at radius 2 is 2.08 bits per heavy atom. The van der Waals surface area contributed by atoms with Crippen molar-refractivity contribution in [3.8, 4) is 5.75 Å². The van der Waals surface area contributed by atoms with E-state index in [1.807, 2.05) is 13.0 Å². The van der Waals surface area contributed by atoms with E-state index in [1.165, 1.54) is 11.1 Å². The summed E-state index contributed by atoms with van der Waals surface area (Å²) in [6.45, 7) is 3.99. The van der Waals surface area contributed by atoms with Crippen molar-refractivity contribution in [1.82, 2.24) is 0 Å². The van der Waals surface area contributed by atoms with Crippen LogP contribution >= 0.6 is 0 Å². The summed E-state index contributed by atoms with van der Waals surface area (Å²) in [6, 6.07) is 5.72. The molecule has 2 fully saturated rings. The number of aliphatic hydroxyl groups is 1. The fourth-order valence-electron chi connectivity index (χ4n) is 6.41. The number of hydrogen-bond acceptors (Lipinski definition) is 3. The minimum absolute atomic E-state index is 0.0453. The third-order valence-electron chi connectivity index (χ3n) is 7.76. The van der Waals surface area contributed by atoms with Crippen LogP contribution in [0.2, 0.25) is 0 Å². The molecule has 0 saturated heterocycles. The number of carboxylic acid groups (broad SMARTS) is 1. The maximum atomic E-state index is 11.7. The van der Waals surface area contributed by atoms with E-state index in [0.717, 1.165) is 25.7 Å². The molecule has 0 aromatic heterocycles. The van der Waals surface area contributed by atoms with E-state index >= 15 is 0 Å². The van der Waals surface area contributed by atoms with Crippen LogP contribution in [0.5, 0.6) is 5.75 Å². The number of fused-ring (bicyclic) bond motifs is 5. The molecule has 136 valence electrons. The monoisotopic (exact) mass is 344 g/mol. The number of aryl methyl sites for hydroxylation is 1. The summed E-state index contributed by atoms with van der Waals surface area (Å²) in [7, 11) is 0. The average molecular weight is 344 g/mol. The van der Waals surface area contributed by atoms with Crippen molar-refractivity contribution in [3.05, 3.63) is 29.3 Å². The second-order valence-corrected chi connectivity index (χ2v) is 8.80. The van der Waals surface area contributed by atoms with Gasteiger partial charge in [0.15, 0.2) is 0 Å². The summed E-state index contributed by atoms with van der Waals surface area (Å²) < 4.78 is 0. The molecular formula is C21H28O4. The molecule has 3 N–H and O–H groups in total. The maximum absolute atomic E-state index is 11.7. The molecule has 0 amide bonds. The molecule has 4 heteroatoms. The van der Waals surface area contributed by atoms with Crippen molar-refractivity contribution in [1.29, 1.82) is 0 Å². The van der Waals surface area contributed by atoms with Gasteiger partial charge in [0, 0.05) is 0 Å². The average Bonchev–Trinajstić information content (AvgIpc) is 2.85. The lowest BCUT2D eigenvalue weighted by atomic mass is 9.53. The number of phenols is 1. The van der Waals surface area contributed by atoms with Crippen molar-refractivity contribution in [2.75, 3.05) is 0 Å². The summed E-state index contributed by atoms with van der Waals surface area (Å²) in [4.78, 5) is 11.7. The standard InChI is InChI=1S/C21H28O4/c1-11(20(24)25)17-10-18(23)21(2)8-7-15-14-6-4-13(22)9-12(14)3-5-16(15)19(17)21/h4,6,9,11,15-19,22-23H,3,5,7-8,10H2,1-2H3,(H,24,25)/t11?,15?,16?,17-,18-,19?,21+/m0/s1. The zero-order valence-electron chi connectivity index (χ0n) is 15.0. The highest BCUT2D eigenvalue weighted by Gasteiger charge is 2.60. The van der Waals surface area contributed by atoms with Crippen LogP contribution in [-0.4, -0.2) is 27.4 Å². The van der Waals surface area contributed by atoms with E-state index < -0.39 is 18.0 Å². The van der Waals surface area contributed by atoms with Gasteiger partial charge in [-0.25, -0.2) is 0 Å². The molecular weight excluding hydrogens is 316 g/mol. The molecule has 0 bridgehead atoms. The Balaban J connectivity index is 1.73. The highest BCUT2D eigenvalue weighted by Crippen LogP contribution is 2.64. The predicted molar refractivity (Wildman–Crippen MR) is 94.4 cm³/mol. The molecule has 0 radical (unpaired) electrons. The molecule has 4 nitrogen and oxygen atoms in total. The van der Waals surface area contributed by atoms with Crippen LogP contribution in [0.25, 0.3) is 0 Å². The Bertz CT molecular complexity index is 699. The summed E-state index contributed by atoms with van der Waals surface area (Å²) in [5.74, 6) is 0.326. The van der Waals surface area contributed by atoms with Crippen LogP contribution in [0.3, 0.4) is 0 Å². The fourth-order valence-corrected chi connectivity index (χ4v) is 6.41. The van der Waals surface area contributed by atoms with E-state index in [0.29, 0.717) is 24.0 Å². The van der Waals surface area contributed by atoms with E-state index in [1.54, 1.807) is 6.07 Å². The van der Waals surface area contributed by atoms with Gasteiger partial charge >= 0.3 is 5.97 Å². The second kappa shape index (κ2) is 5.73. The quantitative estimate of drug-likeness (QED) is 0.767. The summed E-state index contributed by atoms with van der Waals surface area (Å²) in [5, 5.41) is 30.1. The smallest absolute Gasteiger partial charge is 0.306 e. The van der Waals surface area contributed by atoms with E-state index in [9.17, 15) is 20.1 Å². The van der Waals surface area contributed by atoms with E-state index in [4.69, 9.17) is 0 Å². The van der Waals surface area contributed by atoms with Gasteiger partial charge in [-0.2, -0.15) is 0 Å². The van der Waals surface area contributed by atoms with Gasteiger partial charge < -0.3 is 15.3 Å². The topological polar surface area (TPSA) is 77.8 Å². The first-order valence-corrected chi connectivity index (χ1v) is 9.55. The normalized spacial score (nSPS) is 40.7. The van der Waals surface area contributed by atoms with Crippen LogP contribution < -0.4 is 0 Å². The molecule has 3 aliphatic rings. The highest BCUT2D eigenvalue weighted by molar-refractivity contribution is 5.70. The Labute approximate surface area is 148 Å². The number of hydrogen-bond donors (Lipinski definition) is 3. The molecule has 0 aliphatic heterocycles. The lowest BCUT2D eigenvalue weighted by Crippen LogP contribution is -2.46. The largest absolute Gasteiger partial charge is 0.508 e. The van der Waals surface area contributed by atoms with Gasteiger partial charge in [-0.05, 0) is 84.5 Å². The third-order valence-corrected chi connectivity index (χ3v) is 7.76. The van der Waals surface area contributed by atoms with Gasteiger partial charge in [-0.1, -0.05) is 19.9 Å². The molecule has 4 rings (SSSR count). The van der Waals surface area contributed by atoms with Crippen molar-refractivity contribution in [2.45, 2.75) is 58.0 Å². The zero-order chi connectivity index (χ0) is 17.9. The minimum atomic E-state index is -0.746. The minimum Gasteiger partial charge on any atom is -0.508 e.